The summed E-state index contributed by atoms with van der Waals surface area (Å²) < 4.78 is 2.86. The van der Waals surface area contributed by atoms with Gasteiger partial charge in [-0.1, -0.05) is 6.58 Å². The van der Waals surface area contributed by atoms with Crippen molar-refractivity contribution in [3.8, 4) is 0 Å². The minimum Gasteiger partial charge on any atom is -0.339 e. The molecule has 0 aliphatic carbocycles. The molecule has 0 spiro atoms. The van der Waals surface area contributed by atoms with E-state index in [-0.39, 0.29) is 23.8 Å². The van der Waals surface area contributed by atoms with Crippen LogP contribution in [0, 0.1) is 5.92 Å². The number of hydrogen-bond donors (Lipinski definition) is 0. The van der Waals surface area contributed by atoms with Crippen LogP contribution in [0.15, 0.2) is 29.5 Å². The summed E-state index contributed by atoms with van der Waals surface area (Å²) in [4.78, 5) is 27.7. The van der Waals surface area contributed by atoms with Crippen LogP contribution in [-0.4, -0.2) is 57.6 Å². The molecule has 0 radical (unpaired) electrons. The molecule has 2 saturated heterocycles. The van der Waals surface area contributed by atoms with Gasteiger partial charge in [-0.25, -0.2) is 0 Å². The van der Waals surface area contributed by atoms with Crippen LogP contribution in [-0.2, 0) is 9.59 Å². The lowest BCUT2D eigenvalue weighted by molar-refractivity contribution is -0.144. The number of rotatable bonds is 3. The van der Waals surface area contributed by atoms with E-state index >= 15 is 0 Å². The molecule has 3 heterocycles. The average Bonchev–Trinajstić information content (AvgIpc) is 2.91. The van der Waals surface area contributed by atoms with Crippen LogP contribution in [0.3, 0.4) is 0 Å². The minimum atomic E-state index is -0.0424. The number of amides is 2. The Morgan fingerprint density at radius 2 is 1.95 bits per heavy atom. The van der Waals surface area contributed by atoms with Crippen molar-refractivity contribution in [2.45, 2.75) is 18.9 Å². The molecule has 0 unspecified atom stereocenters. The Morgan fingerprint density at radius 1 is 1.27 bits per heavy atom. The Labute approximate surface area is 137 Å². The predicted octanol–water partition coefficient (Wildman–Crippen LogP) is 1.45. The van der Waals surface area contributed by atoms with Crippen molar-refractivity contribution < 1.29 is 9.59 Å². The second-order valence-electron chi connectivity index (χ2n) is 5.84. The highest BCUT2D eigenvalue weighted by Crippen LogP contribution is 2.27. The molecule has 2 aliphatic rings. The van der Waals surface area contributed by atoms with Crippen LogP contribution in [0.4, 0.5) is 0 Å². The first-order valence-corrected chi connectivity index (χ1v) is 8.27. The van der Waals surface area contributed by atoms with E-state index in [0.717, 1.165) is 30.4 Å². The van der Waals surface area contributed by atoms with Gasteiger partial charge in [0.05, 0.1) is 16.7 Å². The second kappa shape index (κ2) is 6.24. The quantitative estimate of drug-likeness (QED) is 0.760. The van der Waals surface area contributed by atoms with E-state index in [4.69, 9.17) is 0 Å². The number of piperidine rings is 1. The molecule has 2 aliphatic heterocycles. The molecule has 3 rings (SSSR count). The SMILES string of the molecule is C=CC(=O)N1CCC(C(=O)N2CC(n3cc(Br)cn3)C2)CC1. The summed E-state index contributed by atoms with van der Waals surface area (Å²) in [6.07, 6.45) is 6.52. The minimum absolute atomic E-state index is 0.0409. The molecule has 1 aromatic heterocycles. The maximum Gasteiger partial charge on any atom is 0.245 e. The fourth-order valence-electron chi connectivity index (χ4n) is 3.05. The monoisotopic (exact) mass is 366 g/mol. The fraction of sp³-hybridized carbons (Fsp3) is 0.533. The van der Waals surface area contributed by atoms with Gasteiger partial charge in [0.1, 0.15) is 0 Å². The molecule has 2 amide bonds. The van der Waals surface area contributed by atoms with Crippen molar-refractivity contribution in [2.24, 2.45) is 5.92 Å². The number of nitrogens with zero attached hydrogens (tertiary/aromatic N) is 4. The van der Waals surface area contributed by atoms with Crippen molar-refractivity contribution in [3.05, 3.63) is 29.5 Å². The molecule has 6 nitrogen and oxygen atoms in total. The molecule has 0 aromatic carbocycles. The third-order valence-electron chi connectivity index (χ3n) is 4.45. The molecule has 0 N–H and O–H groups in total. The van der Waals surface area contributed by atoms with Gasteiger partial charge in [0, 0.05) is 38.3 Å². The first-order valence-electron chi connectivity index (χ1n) is 7.48. The highest BCUT2D eigenvalue weighted by Gasteiger charge is 2.37. The summed E-state index contributed by atoms with van der Waals surface area (Å²) in [6.45, 7) is 6.23. The van der Waals surface area contributed by atoms with E-state index in [2.05, 4.69) is 27.6 Å². The summed E-state index contributed by atoms with van der Waals surface area (Å²) in [6, 6.07) is 0.276. The number of likely N-dealkylation sites (tertiary alicyclic amines) is 2. The Morgan fingerprint density at radius 3 is 2.50 bits per heavy atom. The van der Waals surface area contributed by atoms with Crippen LogP contribution in [0.2, 0.25) is 0 Å². The normalized spacial score (nSPS) is 19.9. The summed E-state index contributed by atoms with van der Waals surface area (Å²) in [5, 5.41) is 4.26. The van der Waals surface area contributed by atoms with E-state index in [1.807, 2.05) is 15.8 Å². The maximum atomic E-state index is 12.5. The maximum absolute atomic E-state index is 12.5. The van der Waals surface area contributed by atoms with E-state index in [1.54, 1.807) is 11.1 Å². The summed E-state index contributed by atoms with van der Waals surface area (Å²) in [7, 11) is 0. The van der Waals surface area contributed by atoms with Crippen molar-refractivity contribution >= 4 is 27.7 Å². The zero-order valence-corrected chi connectivity index (χ0v) is 13.9. The van der Waals surface area contributed by atoms with Gasteiger partial charge in [0.2, 0.25) is 11.8 Å². The van der Waals surface area contributed by atoms with E-state index in [9.17, 15) is 9.59 Å². The zero-order chi connectivity index (χ0) is 15.7. The summed E-state index contributed by atoms with van der Waals surface area (Å²) in [5.41, 5.74) is 0. The van der Waals surface area contributed by atoms with Gasteiger partial charge in [-0.2, -0.15) is 5.10 Å². The van der Waals surface area contributed by atoms with Gasteiger partial charge in [-0.05, 0) is 34.8 Å². The van der Waals surface area contributed by atoms with Crippen LogP contribution in [0.25, 0.3) is 0 Å². The Kier molecular flexibility index (Phi) is 4.33. The third-order valence-corrected chi connectivity index (χ3v) is 4.86. The molecular formula is C15H19BrN4O2. The Hall–Kier alpha value is -1.63. The first-order chi connectivity index (χ1) is 10.6. The lowest BCUT2D eigenvalue weighted by Gasteiger charge is -2.42. The van der Waals surface area contributed by atoms with Crippen LogP contribution in [0.5, 0.6) is 0 Å². The van der Waals surface area contributed by atoms with Gasteiger partial charge in [-0.15, -0.1) is 0 Å². The van der Waals surface area contributed by atoms with Gasteiger partial charge in [-0.3, -0.25) is 14.3 Å². The summed E-state index contributed by atoms with van der Waals surface area (Å²) in [5.74, 6) is 0.214. The second-order valence-corrected chi connectivity index (χ2v) is 6.75. The lowest BCUT2D eigenvalue weighted by atomic mass is 9.93. The van der Waals surface area contributed by atoms with Crippen LogP contribution >= 0.6 is 15.9 Å². The lowest BCUT2D eigenvalue weighted by Crippen LogP contribution is -2.54. The highest BCUT2D eigenvalue weighted by molar-refractivity contribution is 9.10. The number of carbonyl (C=O) groups excluding carboxylic acids is 2. The first kappa shape index (κ1) is 15.3. The van der Waals surface area contributed by atoms with Gasteiger partial charge < -0.3 is 9.80 Å². The molecule has 22 heavy (non-hydrogen) atoms. The highest BCUT2D eigenvalue weighted by atomic mass is 79.9. The van der Waals surface area contributed by atoms with Crippen molar-refractivity contribution in [3.63, 3.8) is 0 Å². The largest absolute Gasteiger partial charge is 0.339 e. The molecule has 1 aromatic rings. The fourth-order valence-corrected chi connectivity index (χ4v) is 3.35. The van der Waals surface area contributed by atoms with Crippen LogP contribution in [0.1, 0.15) is 18.9 Å². The smallest absolute Gasteiger partial charge is 0.245 e. The van der Waals surface area contributed by atoms with Gasteiger partial charge in [0.15, 0.2) is 0 Å². The van der Waals surface area contributed by atoms with Gasteiger partial charge in [0.25, 0.3) is 0 Å². The number of halogens is 1. The van der Waals surface area contributed by atoms with E-state index < -0.39 is 0 Å². The predicted molar refractivity (Wildman–Crippen MR) is 85.0 cm³/mol. The topological polar surface area (TPSA) is 58.4 Å². The molecule has 0 atom stereocenters. The number of aromatic nitrogens is 2. The van der Waals surface area contributed by atoms with Crippen molar-refractivity contribution in [1.29, 1.82) is 0 Å². The Balaban J connectivity index is 1.48. The van der Waals surface area contributed by atoms with Crippen molar-refractivity contribution in [1.82, 2.24) is 19.6 Å². The van der Waals surface area contributed by atoms with E-state index in [1.165, 1.54) is 6.08 Å². The number of hydrogen-bond acceptors (Lipinski definition) is 3. The zero-order valence-electron chi connectivity index (χ0n) is 12.3. The molecule has 0 saturated carbocycles. The molecular weight excluding hydrogens is 348 g/mol. The Bertz CT molecular complexity index is 586. The molecule has 118 valence electrons. The van der Waals surface area contributed by atoms with Crippen molar-refractivity contribution in [2.75, 3.05) is 26.2 Å². The standard InChI is InChI=1S/C15H19BrN4O2/c1-2-14(21)18-5-3-11(4-6-18)15(22)19-9-13(10-19)20-8-12(16)7-17-20/h2,7-8,11,13H,1,3-6,9-10H2. The van der Waals surface area contributed by atoms with Gasteiger partial charge >= 0.3 is 0 Å². The number of carbonyl (C=O) groups is 2. The summed E-state index contributed by atoms with van der Waals surface area (Å²) >= 11 is 3.38. The van der Waals surface area contributed by atoms with Crippen LogP contribution < -0.4 is 0 Å². The van der Waals surface area contributed by atoms with E-state index in [0.29, 0.717) is 13.1 Å². The average molecular weight is 367 g/mol. The third kappa shape index (κ3) is 2.95. The molecule has 0 bridgehead atoms. The molecule has 2 fully saturated rings. The molecule has 7 heteroatoms.